The summed E-state index contributed by atoms with van der Waals surface area (Å²) in [6.07, 6.45) is 3.32. The first-order chi connectivity index (χ1) is 9.66. The van der Waals surface area contributed by atoms with Gasteiger partial charge in [0.2, 0.25) is 5.91 Å². The van der Waals surface area contributed by atoms with Gasteiger partial charge in [-0.15, -0.1) is 11.3 Å². The van der Waals surface area contributed by atoms with Crippen molar-refractivity contribution in [3.63, 3.8) is 0 Å². The summed E-state index contributed by atoms with van der Waals surface area (Å²) in [5, 5.41) is 5.39. The Morgan fingerprint density at radius 3 is 3.10 bits per heavy atom. The Balaban J connectivity index is 1.61. The van der Waals surface area contributed by atoms with E-state index in [4.69, 9.17) is 0 Å². The van der Waals surface area contributed by atoms with Crippen LogP contribution >= 0.6 is 11.3 Å². The van der Waals surface area contributed by atoms with E-state index < -0.39 is 0 Å². The topological polar surface area (TPSA) is 35.6 Å². The highest BCUT2D eigenvalue weighted by Crippen LogP contribution is 2.23. The summed E-state index contributed by atoms with van der Waals surface area (Å²) in [5.41, 5.74) is 1.33. The number of amides is 1. The number of hydrogen-bond acceptors (Lipinski definition) is 4. The number of unbranched alkanes of at least 4 members (excludes halogenated alkanes) is 1. The van der Waals surface area contributed by atoms with Gasteiger partial charge in [-0.25, -0.2) is 0 Å². The highest BCUT2D eigenvalue weighted by Gasteiger charge is 2.20. The maximum atomic E-state index is 12.1. The maximum Gasteiger partial charge on any atom is 0.236 e. The number of thiophene rings is 1. The lowest BCUT2D eigenvalue weighted by atomic mass is 10.1. The smallest absolute Gasteiger partial charge is 0.236 e. The number of fused-ring (bicyclic) bond motifs is 1. The molecule has 1 aliphatic rings. The van der Waals surface area contributed by atoms with Crippen LogP contribution in [0.15, 0.2) is 11.4 Å². The van der Waals surface area contributed by atoms with Crippen LogP contribution in [0, 0.1) is 0 Å². The van der Waals surface area contributed by atoms with Gasteiger partial charge < -0.3 is 15.1 Å². The van der Waals surface area contributed by atoms with Crippen LogP contribution in [0.2, 0.25) is 0 Å². The second kappa shape index (κ2) is 7.76. The Kier molecular flexibility index (Phi) is 6.01. The van der Waals surface area contributed by atoms with Gasteiger partial charge in [-0.3, -0.25) is 4.79 Å². The summed E-state index contributed by atoms with van der Waals surface area (Å²) in [6.45, 7) is 4.18. The van der Waals surface area contributed by atoms with Crippen molar-refractivity contribution in [3.8, 4) is 0 Å². The van der Waals surface area contributed by atoms with Crippen LogP contribution in [0.25, 0.3) is 0 Å². The van der Waals surface area contributed by atoms with Gasteiger partial charge >= 0.3 is 0 Å². The zero-order valence-corrected chi connectivity index (χ0v) is 13.3. The maximum absolute atomic E-state index is 12.1. The Bertz CT molecular complexity index is 431. The van der Waals surface area contributed by atoms with Gasteiger partial charge in [-0.05, 0) is 63.5 Å². The van der Waals surface area contributed by atoms with Gasteiger partial charge in [0.15, 0.2) is 0 Å². The third-order valence-corrected chi connectivity index (χ3v) is 4.67. The first kappa shape index (κ1) is 15.5. The molecule has 2 rings (SSSR count). The normalized spacial score (nSPS) is 14.7. The summed E-state index contributed by atoms with van der Waals surface area (Å²) in [5.74, 6) is 0.231. The Morgan fingerprint density at radius 1 is 1.45 bits per heavy atom. The van der Waals surface area contributed by atoms with E-state index in [0.29, 0.717) is 6.54 Å². The van der Waals surface area contributed by atoms with Crippen LogP contribution in [-0.4, -0.2) is 56.0 Å². The summed E-state index contributed by atoms with van der Waals surface area (Å²) in [6, 6.07) is 2.15. The SMILES string of the molecule is CN(C)CCCCNCC(=O)N1CCc2sccc2C1. The molecule has 0 bridgehead atoms. The molecule has 1 amide bonds. The molecule has 0 spiro atoms. The van der Waals surface area contributed by atoms with E-state index in [1.165, 1.54) is 16.9 Å². The van der Waals surface area contributed by atoms with Crippen molar-refractivity contribution in [3.05, 3.63) is 21.9 Å². The fraction of sp³-hybridized carbons (Fsp3) is 0.667. The van der Waals surface area contributed by atoms with Gasteiger partial charge in [-0.1, -0.05) is 0 Å². The van der Waals surface area contributed by atoms with Crippen LogP contribution in [0.5, 0.6) is 0 Å². The van der Waals surface area contributed by atoms with Gasteiger partial charge in [0.1, 0.15) is 0 Å². The van der Waals surface area contributed by atoms with E-state index in [0.717, 1.165) is 39.0 Å². The van der Waals surface area contributed by atoms with Crippen LogP contribution in [0.1, 0.15) is 23.3 Å². The molecule has 1 N–H and O–H groups in total. The third kappa shape index (κ3) is 4.58. The van der Waals surface area contributed by atoms with E-state index in [2.05, 4.69) is 35.8 Å². The number of rotatable bonds is 7. The fourth-order valence-corrected chi connectivity index (χ4v) is 3.34. The molecule has 0 atom stereocenters. The lowest BCUT2D eigenvalue weighted by Crippen LogP contribution is -2.41. The van der Waals surface area contributed by atoms with E-state index in [1.54, 1.807) is 0 Å². The minimum Gasteiger partial charge on any atom is -0.337 e. The molecule has 1 aromatic heterocycles. The Morgan fingerprint density at radius 2 is 2.30 bits per heavy atom. The molecule has 0 radical (unpaired) electrons. The molecule has 1 aromatic rings. The van der Waals surface area contributed by atoms with Crippen molar-refractivity contribution in [1.29, 1.82) is 0 Å². The Labute approximate surface area is 125 Å². The fourth-order valence-electron chi connectivity index (χ4n) is 2.45. The predicted molar refractivity (Wildman–Crippen MR) is 84.1 cm³/mol. The molecule has 0 unspecified atom stereocenters. The molecule has 0 saturated carbocycles. The van der Waals surface area contributed by atoms with Crippen molar-refractivity contribution >= 4 is 17.2 Å². The van der Waals surface area contributed by atoms with Crippen molar-refractivity contribution in [2.75, 3.05) is 40.3 Å². The van der Waals surface area contributed by atoms with Gasteiger partial charge in [0.25, 0.3) is 0 Å². The molecular weight excluding hydrogens is 270 g/mol. The quantitative estimate of drug-likeness (QED) is 0.776. The van der Waals surface area contributed by atoms with Crippen molar-refractivity contribution in [2.45, 2.75) is 25.8 Å². The molecule has 0 saturated heterocycles. The van der Waals surface area contributed by atoms with Crippen LogP contribution in [0.3, 0.4) is 0 Å². The van der Waals surface area contributed by atoms with E-state index >= 15 is 0 Å². The van der Waals surface area contributed by atoms with Crippen LogP contribution < -0.4 is 5.32 Å². The molecule has 1 aliphatic heterocycles. The van der Waals surface area contributed by atoms with Gasteiger partial charge in [-0.2, -0.15) is 0 Å². The average molecular weight is 295 g/mol. The molecular formula is C15H25N3OS. The lowest BCUT2D eigenvalue weighted by molar-refractivity contribution is -0.131. The molecule has 0 aromatic carbocycles. The van der Waals surface area contributed by atoms with E-state index in [-0.39, 0.29) is 5.91 Å². The number of carbonyl (C=O) groups is 1. The van der Waals surface area contributed by atoms with Crippen molar-refractivity contribution in [1.82, 2.24) is 15.1 Å². The first-order valence-corrected chi connectivity index (χ1v) is 8.23. The van der Waals surface area contributed by atoms with Crippen LogP contribution in [0.4, 0.5) is 0 Å². The van der Waals surface area contributed by atoms with Gasteiger partial charge in [0.05, 0.1) is 6.54 Å². The van der Waals surface area contributed by atoms with Crippen molar-refractivity contribution < 1.29 is 4.79 Å². The van der Waals surface area contributed by atoms with Crippen LogP contribution in [-0.2, 0) is 17.8 Å². The Hall–Kier alpha value is -0.910. The third-order valence-electron chi connectivity index (χ3n) is 3.65. The molecule has 2 heterocycles. The highest BCUT2D eigenvalue weighted by atomic mass is 32.1. The summed E-state index contributed by atoms with van der Waals surface area (Å²) in [4.78, 5) is 17.7. The standard InChI is InChI=1S/C15H25N3OS/c1-17(2)8-4-3-7-16-11-15(19)18-9-5-14-13(12-18)6-10-20-14/h6,10,16H,3-5,7-9,11-12H2,1-2H3. The summed E-state index contributed by atoms with van der Waals surface area (Å²) < 4.78 is 0. The van der Waals surface area contributed by atoms with E-state index in [9.17, 15) is 4.79 Å². The number of hydrogen-bond donors (Lipinski definition) is 1. The second-order valence-corrected chi connectivity index (χ2v) is 6.62. The summed E-state index contributed by atoms with van der Waals surface area (Å²) in [7, 11) is 4.18. The zero-order chi connectivity index (χ0) is 14.4. The predicted octanol–water partition coefficient (Wildman–Crippen LogP) is 1.56. The molecule has 4 nitrogen and oxygen atoms in total. The molecule has 112 valence electrons. The second-order valence-electron chi connectivity index (χ2n) is 5.62. The zero-order valence-electron chi connectivity index (χ0n) is 12.5. The molecule has 20 heavy (non-hydrogen) atoms. The lowest BCUT2D eigenvalue weighted by Gasteiger charge is -2.27. The minimum absolute atomic E-state index is 0.231. The van der Waals surface area contributed by atoms with Crippen molar-refractivity contribution in [2.24, 2.45) is 0 Å². The number of nitrogens with zero attached hydrogens (tertiary/aromatic N) is 2. The number of nitrogens with one attached hydrogen (secondary N) is 1. The van der Waals surface area contributed by atoms with E-state index in [1.807, 2.05) is 16.2 Å². The first-order valence-electron chi connectivity index (χ1n) is 7.35. The van der Waals surface area contributed by atoms with Gasteiger partial charge in [0, 0.05) is 18.0 Å². The molecule has 0 fully saturated rings. The average Bonchev–Trinajstić information content (AvgIpc) is 2.89. The number of carbonyl (C=O) groups excluding carboxylic acids is 1. The molecule has 5 heteroatoms. The largest absolute Gasteiger partial charge is 0.337 e. The summed E-state index contributed by atoms with van der Waals surface area (Å²) >= 11 is 1.81. The molecule has 0 aliphatic carbocycles. The minimum atomic E-state index is 0.231. The highest BCUT2D eigenvalue weighted by molar-refractivity contribution is 7.10. The monoisotopic (exact) mass is 295 g/mol.